The van der Waals surface area contributed by atoms with Crippen LogP contribution in [0.1, 0.15) is 41.0 Å². The second-order valence-corrected chi connectivity index (χ2v) is 7.26. The van der Waals surface area contributed by atoms with E-state index in [-0.39, 0.29) is 6.04 Å². The van der Waals surface area contributed by atoms with Gasteiger partial charge in [0.15, 0.2) is 0 Å². The lowest BCUT2D eigenvalue weighted by Gasteiger charge is -2.14. The van der Waals surface area contributed by atoms with Gasteiger partial charge in [-0.05, 0) is 51.0 Å². The van der Waals surface area contributed by atoms with Crippen LogP contribution in [0.25, 0.3) is 16.6 Å². The molecule has 2 aromatic carbocycles. The number of H-pyrrole nitrogens is 1. The maximum absolute atomic E-state index is 4.59. The molecule has 27 heavy (non-hydrogen) atoms. The van der Waals surface area contributed by atoms with Gasteiger partial charge in [-0.1, -0.05) is 36.4 Å². The third-order valence-corrected chi connectivity index (χ3v) is 5.51. The fraction of sp³-hybridized carbons (Fsp3) is 0.261. The lowest BCUT2D eigenvalue weighted by molar-refractivity contribution is 0.565. The number of para-hydroxylation sites is 2. The molecule has 0 saturated heterocycles. The summed E-state index contributed by atoms with van der Waals surface area (Å²) >= 11 is 0. The fourth-order valence-electron chi connectivity index (χ4n) is 3.77. The molecule has 2 N–H and O–H groups in total. The Hall–Kier alpha value is -2.85. The molecular formula is C23H26N4. The normalized spacial score (nSPS) is 12.6. The van der Waals surface area contributed by atoms with Gasteiger partial charge in [-0.15, -0.1) is 0 Å². The van der Waals surface area contributed by atoms with Crippen molar-refractivity contribution in [2.75, 3.05) is 0 Å². The van der Waals surface area contributed by atoms with E-state index in [0.29, 0.717) is 0 Å². The highest BCUT2D eigenvalue weighted by Crippen LogP contribution is 2.25. The maximum Gasteiger partial charge on any atom is 0.0648 e. The van der Waals surface area contributed by atoms with Crippen LogP contribution in [-0.2, 0) is 6.54 Å². The molecule has 0 amide bonds. The summed E-state index contributed by atoms with van der Waals surface area (Å²) in [6.07, 6.45) is 1.97. The van der Waals surface area contributed by atoms with Gasteiger partial charge in [0.25, 0.3) is 0 Å². The van der Waals surface area contributed by atoms with Crippen LogP contribution in [-0.4, -0.2) is 14.8 Å². The van der Waals surface area contributed by atoms with E-state index in [1.165, 1.54) is 39.0 Å². The predicted octanol–water partition coefficient (Wildman–Crippen LogP) is 5.13. The number of aromatic amines is 1. The molecule has 4 nitrogen and oxygen atoms in total. The molecule has 0 fully saturated rings. The van der Waals surface area contributed by atoms with Gasteiger partial charge in [-0.2, -0.15) is 5.10 Å². The molecule has 0 unspecified atom stereocenters. The van der Waals surface area contributed by atoms with Gasteiger partial charge in [0, 0.05) is 40.4 Å². The van der Waals surface area contributed by atoms with Crippen LogP contribution in [0.5, 0.6) is 0 Å². The SMILES string of the molecule is Cc1c(CN[C@H](C)c2cnn(-c3ccccc3)c2C)[nH]c2c(C)cccc12. The zero-order valence-electron chi connectivity index (χ0n) is 16.4. The van der Waals surface area contributed by atoms with Crippen molar-refractivity contribution >= 4 is 10.9 Å². The molecule has 0 bridgehead atoms. The first-order valence-electron chi connectivity index (χ1n) is 9.46. The van der Waals surface area contributed by atoms with E-state index < -0.39 is 0 Å². The number of aromatic nitrogens is 3. The first kappa shape index (κ1) is 17.6. The minimum absolute atomic E-state index is 0.217. The number of aryl methyl sites for hydroxylation is 2. The van der Waals surface area contributed by atoms with E-state index in [0.717, 1.165) is 12.2 Å². The van der Waals surface area contributed by atoms with E-state index in [2.05, 4.69) is 73.4 Å². The van der Waals surface area contributed by atoms with Gasteiger partial charge >= 0.3 is 0 Å². The molecule has 0 aliphatic heterocycles. The highest BCUT2D eigenvalue weighted by molar-refractivity contribution is 5.86. The van der Waals surface area contributed by atoms with E-state index in [4.69, 9.17) is 0 Å². The van der Waals surface area contributed by atoms with Crippen LogP contribution in [0.4, 0.5) is 0 Å². The molecule has 2 heterocycles. The third kappa shape index (κ3) is 3.17. The standard InChI is InChI=1S/C23H26N4/c1-15-9-8-12-20-16(2)22(26-23(15)20)14-24-17(3)21-13-25-27(18(21)4)19-10-6-5-7-11-19/h5-13,17,24,26H,14H2,1-4H3/t17-/m1/s1. The number of nitrogens with zero attached hydrogens (tertiary/aromatic N) is 2. The Morgan fingerprint density at radius 1 is 1.04 bits per heavy atom. The summed E-state index contributed by atoms with van der Waals surface area (Å²) in [7, 11) is 0. The van der Waals surface area contributed by atoms with Crippen LogP contribution in [0.3, 0.4) is 0 Å². The first-order valence-corrected chi connectivity index (χ1v) is 9.46. The average molecular weight is 358 g/mol. The van der Waals surface area contributed by atoms with Crippen molar-refractivity contribution in [2.45, 2.75) is 40.3 Å². The molecule has 138 valence electrons. The van der Waals surface area contributed by atoms with Gasteiger partial charge in [-0.3, -0.25) is 0 Å². The first-order chi connectivity index (χ1) is 13.1. The van der Waals surface area contributed by atoms with Crippen LogP contribution >= 0.6 is 0 Å². The van der Waals surface area contributed by atoms with Gasteiger partial charge in [-0.25, -0.2) is 4.68 Å². The highest BCUT2D eigenvalue weighted by atomic mass is 15.3. The molecule has 0 aliphatic rings. The van der Waals surface area contributed by atoms with Crippen LogP contribution in [0, 0.1) is 20.8 Å². The van der Waals surface area contributed by atoms with E-state index >= 15 is 0 Å². The van der Waals surface area contributed by atoms with Crippen LogP contribution < -0.4 is 5.32 Å². The minimum atomic E-state index is 0.217. The van der Waals surface area contributed by atoms with Gasteiger partial charge in [0.2, 0.25) is 0 Å². The monoisotopic (exact) mass is 358 g/mol. The second kappa shape index (κ2) is 7.05. The zero-order valence-corrected chi connectivity index (χ0v) is 16.4. The van der Waals surface area contributed by atoms with Gasteiger partial charge < -0.3 is 10.3 Å². The minimum Gasteiger partial charge on any atom is -0.357 e. The smallest absolute Gasteiger partial charge is 0.0648 e. The Bertz CT molecular complexity index is 1070. The molecule has 4 heteroatoms. The van der Waals surface area contributed by atoms with E-state index in [9.17, 15) is 0 Å². The summed E-state index contributed by atoms with van der Waals surface area (Å²) < 4.78 is 2.01. The molecule has 0 radical (unpaired) electrons. The molecular weight excluding hydrogens is 332 g/mol. The van der Waals surface area contributed by atoms with E-state index in [1.54, 1.807) is 0 Å². The summed E-state index contributed by atoms with van der Waals surface area (Å²) in [6, 6.07) is 17.0. The molecule has 0 aliphatic carbocycles. The van der Waals surface area contributed by atoms with Crippen LogP contribution in [0.15, 0.2) is 54.7 Å². The predicted molar refractivity (Wildman–Crippen MR) is 111 cm³/mol. The largest absolute Gasteiger partial charge is 0.357 e. The molecule has 4 aromatic rings. The number of benzene rings is 2. The number of hydrogen-bond donors (Lipinski definition) is 2. The topological polar surface area (TPSA) is 45.6 Å². The summed E-state index contributed by atoms with van der Waals surface area (Å²) in [4.78, 5) is 3.60. The molecule has 0 spiro atoms. The van der Waals surface area contributed by atoms with Crippen LogP contribution in [0.2, 0.25) is 0 Å². The maximum atomic E-state index is 4.59. The van der Waals surface area contributed by atoms with Crippen molar-refractivity contribution in [3.63, 3.8) is 0 Å². The Kier molecular flexibility index (Phi) is 4.58. The number of rotatable bonds is 5. The van der Waals surface area contributed by atoms with Crippen molar-refractivity contribution < 1.29 is 0 Å². The third-order valence-electron chi connectivity index (χ3n) is 5.51. The average Bonchev–Trinajstić information content (AvgIpc) is 3.22. The number of fused-ring (bicyclic) bond motifs is 1. The van der Waals surface area contributed by atoms with Crippen molar-refractivity contribution in [1.82, 2.24) is 20.1 Å². The zero-order chi connectivity index (χ0) is 19.0. The summed E-state index contributed by atoms with van der Waals surface area (Å²) in [5.41, 5.74) is 8.59. The van der Waals surface area contributed by atoms with Crippen molar-refractivity contribution in [2.24, 2.45) is 0 Å². The Morgan fingerprint density at radius 3 is 2.56 bits per heavy atom. The lowest BCUT2D eigenvalue weighted by Crippen LogP contribution is -2.19. The van der Waals surface area contributed by atoms with Crippen molar-refractivity contribution in [3.05, 3.63) is 82.8 Å². The van der Waals surface area contributed by atoms with Crippen molar-refractivity contribution in [1.29, 1.82) is 0 Å². The lowest BCUT2D eigenvalue weighted by atomic mass is 10.1. The summed E-state index contributed by atoms with van der Waals surface area (Å²) in [5, 5.41) is 9.56. The summed E-state index contributed by atoms with van der Waals surface area (Å²) in [6.45, 7) is 9.47. The number of hydrogen-bond acceptors (Lipinski definition) is 2. The van der Waals surface area contributed by atoms with Gasteiger partial charge in [0.05, 0.1) is 11.9 Å². The summed E-state index contributed by atoms with van der Waals surface area (Å²) in [5.74, 6) is 0. The van der Waals surface area contributed by atoms with Gasteiger partial charge in [0.1, 0.15) is 0 Å². The Labute approximate surface area is 160 Å². The Morgan fingerprint density at radius 2 is 1.81 bits per heavy atom. The molecule has 1 atom stereocenters. The van der Waals surface area contributed by atoms with E-state index in [1.807, 2.05) is 29.1 Å². The molecule has 0 saturated carbocycles. The Balaban J connectivity index is 1.54. The fourth-order valence-corrected chi connectivity index (χ4v) is 3.77. The number of nitrogens with one attached hydrogen (secondary N) is 2. The molecule has 4 rings (SSSR count). The second-order valence-electron chi connectivity index (χ2n) is 7.26. The van der Waals surface area contributed by atoms with Crippen molar-refractivity contribution in [3.8, 4) is 5.69 Å². The molecule has 2 aromatic heterocycles. The quantitative estimate of drug-likeness (QED) is 0.519. The highest BCUT2D eigenvalue weighted by Gasteiger charge is 2.15.